The van der Waals surface area contributed by atoms with Crippen molar-refractivity contribution in [3.8, 4) is 0 Å². The van der Waals surface area contributed by atoms with Crippen molar-refractivity contribution in [1.29, 1.82) is 0 Å². The van der Waals surface area contributed by atoms with Crippen LogP contribution in [0, 0.1) is 19.7 Å². The minimum atomic E-state index is -0.280. The minimum Gasteiger partial charge on any atom is -0.350 e. The second-order valence-electron chi connectivity index (χ2n) is 6.37. The molecule has 0 atom stereocenters. The summed E-state index contributed by atoms with van der Waals surface area (Å²) in [4.78, 5) is 21.0. The van der Waals surface area contributed by atoms with E-state index in [9.17, 15) is 9.18 Å². The molecule has 0 saturated carbocycles. The van der Waals surface area contributed by atoms with E-state index in [-0.39, 0.29) is 11.7 Å². The highest BCUT2D eigenvalue weighted by Crippen LogP contribution is 2.09. The first-order valence-corrected chi connectivity index (χ1v) is 8.67. The van der Waals surface area contributed by atoms with Crippen LogP contribution in [0.25, 0.3) is 0 Å². The van der Waals surface area contributed by atoms with Gasteiger partial charge in [-0.3, -0.25) is 4.79 Å². The van der Waals surface area contributed by atoms with Gasteiger partial charge < -0.3 is 10.6 Å². The van der Waals surface area contributed by atoms with Crippen molar-refractivity contribution in [1.82, 2.24) is 15.3 Å². The molecule has 1 heterocycles. The third-order valence-electron chi connectivity index (χ3n) is 4.02. The van der Waals surface area contributed by atoms with Crippen LogP contribution in [0.15, 0.2) is 54.6 Å². The average Bonchev–Trinajstić information content (AvgIpc) is 2.66. The molecule has 0 radical (unpaired) electrons. The van der Waals surface area contributed by atoms with E-state index in [4.69, 9.17) is 0 Å². The largest absolute Gasteiger partial charge is 0.350 e. The lowest BCUT2D eigenvalue weighted by Gasteiger charge is -2.09. The summed E-state index contributed by atoms with van der Waals surface area (Å²) in [6.07, 6.45) is 0. The van der Waals surface area contributed by atoms with Crippen LogP contribution in [0.1, 0.15) is 32.9 Å². The van der Waals surface area contributed by atoms with Crippen LogP contribution >= 0.6 is 0 Å². The lowest BCUT2D eigenvalue weighted by Crippen LogP contribution is -2.24. The molecule has 3 aromatic rings. The molecule has 5 nitrogen and oxygen atoms in total. The molecule has 138 valence electrons. The number of carbonyl (C=O) groups excluding carboxylic acids is 1. The second-order valence-corrected chi connectivity index (χ2v) is 6.37. The van der Waals surface area contributed by atoms with Gasteiger partial charge in [0.1, 0.15) is 11.5 Å². The van der Waals surface area contributed by atoms with Gasteiger partial charge in [0.25, 0.3) is 5.91 Å². The number of nitrogens with one attached hydrogen (secondary N) is 2. The molecule has 1 aromatic heterocycles. The zero-order chi connectivity index (χ0) is 19.2. The summed E-state index contributed by atoms with van der Waals surface area (Å²) in [5, 5.41) is 5.94. The Balaban J connectivity index is 1.63. The summed E-state index contributed by atoms with van der Waals surface area (Å²) in [5.74, 6) is -0.177. The molecule has 0 aliphatic carbocycles. The van der Waals surface area contributed by atoms with Gasteiger partial charge in [-0.05, 0) is 43.2 Å². The average molecular weight is 364 g/mol. The first kappa shape index (κ1) is 18.5. The minimum absolute atomic E-state index is 0.258. The summed E-state index contributed by atoms with van der Waals surface area (Å²) in [6.45, 7) is 4.70. The second kappa shape index (κ2) is 8.40. The van der Waals surface area contributed by atoms with Gasteiger partial charge in [0.2, 0.25) is 5.95 Å². The molecule has 6 heteroatoms. The van der Waals surface area contributed by atoms with Gasteiger partial charge in [-0.1, -0.05) is 42.0 Å². The van der Waals surface area contributed by atoms with Gasteiger partial charge in [0.05, 0.1) is 0 Å². The highest BCUT2D eigenvalue weighted by molar-refractivity contribution is 5.92. The molecule has 0 saturated heterocycles. The van der Waals surface area contributed by atoms with Gasteiger partial charge in [-0.2, -0.15) is 0 Å². The number of hydrogen-bond donors (Lipinski definition) is 2. The lowest BCUT2D eigenvalue weighted by atomic mass is 10.1. The first-order chi connectivity index (χ1) is 13.0. The van der Waals surface area contributed by atoms with Gasteiger partial charge in [0, 0.05) is 18.8 Å². The fraction of sp³-hybridized carbons (Fsp3) is 0.190. The summed E-state index contributed by atoms with van der Waals surface area (Å²) >= 11 is 0. The Bertz CT molecular complexity index is 924. The maximum Gasteiger partial charge on any atom is 0.270 e. The maximum atomic E-state index is 13.0. The van der Waals surface area contributed by atoms with Crippen LogP contribution in [0.5, 0.6) is 0 Å². The highest BCUT2D eigenvalue weighted by atomic mass is 19.1. The summed E-state index contributed by atoms with van der Waals surface area (Å²) in [5.41, 5.74) is 4.08. The van der Waals surface area contributed by atoms with Gasteiger partial charge in [-0.25, -0.2) is 14.4 Å². The molecule has 2 aromatic carbocycles. The zero-order valence-electron chi connectivity index (χ0n) is 15.3. The van der Waals surface area contributed by atoms with E-state index in [1.165, 1.54) is 17.7 Å². The molecule has 1 amide bonds. The van der Waals surface area contributed by atoms with E-state index >= 15 is 0 Å². The molecule has 0 aliphatic heterocycles. The van der Waals surface area contributed by atoms with Crippen LogP contribution in [0.2, 0.25) is 0 Å². The normalized spacial score (nSPS) is 10.5. The van der Waals surface area contributed by atoms with Crippen molar-refractivity contribution in [3.05, 3.63) is 88.5 Å². The Labute approximate surface area is 157 Å². The molecule has 0 spiro atoms. The summed E-state index contributed by atoms with van der Waals surface area (Å²) in [6, 6.07) is 15.8. The van der Waals surface area contributed by atoms with Crippen molar-refractivity contribution in [2.75, 3.05) is 5.32 Å². The number of amides is 1. The molecule has 0 bridgehead atoms. The van der Waals surface area contributed by atoms with Gasteiger partial charge in [0.15, 0.2) is 0 Å². The van der Waals surface area contributed by atoms with Crippen LogP contribution < -0.4 is 10.6 Å². The Kier molecular flexibility index (Phi) is 5.76. The number of benzene rings is 2. The number of aromatic nitrogens is 2. The van der Waals surface area contributed by atoms with E-state index in [2.05, 4.69) is 20.6 Å². The first-order valence-electron chi connectivity index (χ1n) is 8.67. The number of halogens is 1. The van der Waals surface area contributed by atoms with E-state index in [1.807, 2.05) is 38.1 Å². The smallest absolute Gasteiger partial charge is 0.270 e. The molecule has 0 unspecified atom stereocenters. The molecule has 2 N–H and O–H groups in total. The van der Waals surface area contributed by atoms with Crippen LogP contribution in [-0.2, 0) is 13.1 Å². The molecule has 0 fully saturated rings. The van der Waals surface area contributed by atoms with E-state index in [1.54, 1.807) is 18.2 Å². The van der Waals surface area contributed by atoms with Crippen molar-refractivity contribution in [3.63, 3.8) is 0 Å². The van der Waals surface area contributed by atoms with E-state index < -0.39 is 0 Å². The van der Waals surface area contributed by atoms with Crippen molar-refractivity contribution in [2.24, 2.45) is 0 Å². The molecule has 3 rings (SSSR count). The number of rotatable bonds is 6. The van der Waals surface area contributed by atoms with Crippen LogP contribution in [-0.4, -0.2) is 15.9 Å². The monoisotopic (exact) mass is 364 g/mol. The van der Waals surface area contributed by atoms with Gasteiger partial charge >= 0.3 is 0 Å². The SMILES string of the molecule is Cc1ccc(CNC(=O)c2cc(C)nc(NCc3ccc(F)cc3)n2)cc1. The predicted molar refractivity (Wildman–Crippen MR) is 103 cm³/mol. The third kappa shape index (κ3) is 5.34. The molecular weight excluding hydrogens is 343 g/mol. The lowest BCUT2D eigenvalue weighted by molar-refractivity contribution is 0.0945. The van der Waals surface area contributed by atoms with E-state index in [0.29, 0.717) is 30.4 Å². The van der Waals surface area contributed by atoms with Crippen LogP contribution in [0.3, 0.4) is 0 Å². The highest BCUT2D eigenvalue weighted by Gasteiger charge is 2.10. The molecular formula is C21H21FN4O. The maximum absolute atomic E-state index is 13.0. The number of anilines is 1. The predicted octanol–water partition coefficient (Wildman–Crippen LogP) is 3.77. The number of hydrogen-bond acceptors (Lipinski definition) is 4. The summed E-state index contributed by atoms with van der Waals surface area (Å²) < 4.78 is 13.0. The van der Waals surface area contributed by atoms with Crippen molar-refractivity contribution >= 4 is 11.9 Å². The third-order valence-corrected chi connectivity index (χ3v) is 4.02. The van der Waals surface area contributed by atoms with Crippen molar-refractivity contribution < 1.29 is 9.18 Å². The Morgan fingerprint density at radius 2 is 1.56 bits per heavy atom. The fourth-order valence-corrected chi connectivity index (χ4v) is 2.53. The number of aryl methyl sites for hydroxylation is 2. The fourth-order valence-electron chi connectivity index (χ4n) is 2.53. The van der Waals surface area contributed by atoms with Gasteiger partial charge in [-0.15, -0.1) is 0 Å². The number of nitrogens with zero attached hydrogens (tertiary/aromatic N) is 2. The van der Waals surface area contributed by atoms with E-state index in [0.717, 1.165) is 11.1 Å². The molecule has 27 heavy (non-hydrogen) atoms. The Morgan fingerprint density at radius 1 is 0.926 bits per heavy atom. The quantitative estimate of drug-likeness (QED) is 0.699. The zero-order valence-corrected chi connectivity index (χ0v) is 15.3. The van der Waals surface area contributed by atoms with Crippen LogP contribution in [0.4, 0.5) is 10.3 Å². The Hall–Kier alpha value is -3.28. The Morgan fingerprint density at radius 3 is 2.26 bits per heavy atom. The number of carbonyl (C=O) groups is 1. The van der Waals surface area contributed by atoms with Crippen molar-refractivity contribution in [2.45, 2.75) is 26.9 Å². The standard InChI is InChI=1S/C21H21FN4O/c1-14-3-5-16(6-4-14)12-23-20(27)19-11-15(2)25-21(26-19)24-13-17-7-9-18(22)10-8-17/h3-11H,12-13H2,1-2H3,(H,23,27)(H,24,25,26). The topological polar surface area (TPSA) is 66.9 Å². The molecule has 0 aliphatic rings. The summed E-state index contributed by atoms with van der Waals surface area (Å²) in [7, 11) is 0.